The fourth-order valence-electron chi connectivity index (χ4n) is 3.12. The Morgan fingerprint density at radius 2 is 1.89 bits per heavy atom. The van der Waals surface area contributed by atoms with Crippen molar-refractivity contribution in [3.8, 4) is 0 Å². The smallest absolute Gasteiger partial charge is 0.256 e. The summed E-state index contributed by atoms with van der Waals surface area (Å²) in [5.41, 5.74) is 3.45. The number of benzene rings is 2. The van der Waals surface area contributed by atoms with Crippen LogP contribution in [0, 0.1) is 0 Å². The van der Waals surface area contributed by atoms with Gasteiger partial charge in [0, 0.05) is 35.6 Å². The lowest BCUT2D eigenvalue weighted by molar-refractivity contribution is -0.132. The molecule has 4 rings (SSSR count). The van der Waals surface area contributed by atoms with Gasteiger partial charge in [-0.2, -0.15) is 5.10 Å². The van der Waals surface area contributed by atoms with Gasteiger partial charge in [0.15, 0.2) is 0 Å². The van der Waals surface area contributed by atoms with E-state index >= 15 is 0 Å². The van der Waals surface area contributed by atoms with Crippen LogP contribution in [0.4, 0.5) is 5.69 Å². The van der Waals surface area contributed by atoms with Gasteiger partial charge in [-0.3, -0.25) is 14.3 Å². The molecule has 1 N–H and O–H groups in total. The van der Waals surface area contributed by atoms with E-state index in [1.807, 2.05) is 36.4 Å². The summed E-state index contributed by atoms with van der Waals surface area (Å²) < 4.78 is 2.37. The molecule has 0 saturated heterocycles. The van der Waals surface area contributed by atoms with Crippen LogP contribution in [-0.2, 0) is 24.4 Å². The predicted molar refractivity (Wildman–Crippen MR) is 105 cm³/mol. The Kier molecular flexibility index (Phi) is 4.77. The molecule has 3 aromatic rings. The van der Waals surface area contributed by atoms with Crippen LogP contribution in [0.1, 0.15) is 21.5 Å². The monoisotopic (exact) mass is 424 g/mol. The summed E-state index contributed by atoms with van der Waals surface area (Å²) in [4.78, 5) is 26.7. The molecule has 1 aromatic heterocycles. The number of amides is 2. The Morgan fingerprint density at radius 3 is 2.67 bits per heavy atom. The van der Waals surface area contributed by atoms with E-state index in [0.717, 1.165) is 21.3 Å². The van der Waals surface area contributed by atoms with Crippen molar-refractivity contribution in [2.45, 2.75) is 19.6 Å². The first-order chi connectivity index (χ1) is 13.1. The van der Waals surface area contributed by atoms with Crippen LogP contribution in [0.15, 0.2) is 65.4 Å². The van der Waals surface area contributed by atoms with Gasteiger partial charge in [0.2, 0.25) is 5.91 Å². The first kappa shape index (κ1) is 17.5. The topological polar surface area (TPSA) is 67.2 Å². The lowest BCUT2D eigenvalue weighted by atomic mass is 10.1. The molecule has 1 aliphatic heterocycles. The zero-order valence-electron chi connectivity index (χ0n) is 14.4. The van der Waals surface area contributed by atoms with E-state index in [-0.39, 0.29) is 18.4 Å². The average Bonchev–Trinajstić information content (AvgIpc) is 3.31. The molecule has 1 aliphatic rings. The Balaban J connectivity index is 1.44. The van der Waals surface area contributed by atoms with Crippen molar-refractivity contribution in [3.05, 3.63) is 82.1 Å². The molecule has 2 amide bonds. The third-order valence-electron chi connectivity index (χ3n) is 4.51. The molecule has 2 heterocycles. The maximum Gasteiger partial charge on any atom is 0.256 e. The maximum atomic E-state index is 12.5. The summed E-state index contributed by atoms with van der Waals surface area (Å²) in [6.07, 6.45) is 3.43. The minimum Gasteiger partial charge on any atom is -0.332 e. The first-order valence-corrected chi connectivity index (χ1v) is 9.32. The fourth-order valence-corrected chi connectivity index (χ4v) is 3.59. The Hall–Kier alpha value is -2.93. The van der Waals surface area contributed by atoms with E-state index in [0.29, 0.717) is 18.7 Å². The largest absolute Gasteiger partial charge is 0.332 e. The molecule has 0 fully saturated rings. The van der Waals surface area contributed by atoms with E-state index in [1.165, 1.54) is 0 Å². The number of halogens is 1. The van der Waals surface area contributed by atoms with Crippen molar-refractivity contribution in [3.63, 3.8) is 0 Å². The SMILES string of the molecule is O=C(Nc1ccc2c(c1)CN(C(=O)Cn1cccn1)C2)c1ccccc1Br. The Bertz CT molecular complexity index is 1000. The van der Waals surface area contributed by atoms with Gasteiger partial charge in [-0.1, -0.05) is 18.2 Å². The molecular formula is C20H17BrN4O2. The number of rotatable bonds is 4. The second kappa shape index (κ2) is 7.36. The summed E-state index contributed by atoms with van der Waals surface area (Å²) in [5.74, 6) is -0.152. The summed E-state index contributed by atoms with van der Waals surface area (Å²) >= 11 is 3.40. The number of carbonyl (C=O) groups is 2. The van der Waals surface area contributed by atoms with Crippen molar-refractivity contribution in [2.75, 3.05) is 5.32 Å². The van der Waals surface area contributed by atoms with Gasteiger partial charge < -0.3 is 10.2 Å². The molecule has 7 heteroatoms. The molecular weight excluding hydrogens is 408 g/mol. The van der Waals surface area contributed by atoms with E-state index in [1.54, 1.807) is 34.1 Å². The predicted octanol–water partition coefficient (Wildman–Crippen LogP) is 3.44. The van der Waals surface area contributed by atoms with E-state index in [2.05, 4.69) is 26.3 Å². The number of fused-ring (bicyclic) bond motifs is 1. The van der Waals surface area contributed by atoms with Crippen LogP contribution in [0.5, 0.6) is 0 Å². The number of nitrogens with zero attached hydrogens (tertiary/aromatic N) is 3. The second-order valence-electron chi connectivity index (χ2n) is 6.37. The van der Waals surface area contributed by atoms with Crippen molar-refractivity contribution < 1.29 is 9.59 Å². The van der Waals surface area contributed by atoms with E-state index < -0.39 is 0 Å². The molecule has 0 unspecified atom stereocenters. The van der Waals surface area contributed by atoms with Crippen LogP contribution in [0.2, 0.25) is 0 Å². The lowest BCUT2D eigenvalue weighted by Crippen LogP contribution is -2.29. The highest BCUT2D eigenvalue weighted by atomic mass is 79.9. The summed E-state index contributed by atoms with van der Waals surface area (Å²) in [6, 6.07) is 14.9. The number of anilines is 1. The highest BCUT2D eigenvalue weighted by Gasteiger charge is 2.24. The number of nitrogens with one attached hydrogen (secondary N) is 1. The number of hydrogen-bond acceptors (Lipinski definition) is 3. The van der Waals surface area contributed by atoms with Gasteiger partial charge in [0.05, 0.1) is 5.56 Å². The van der Waals surface area contributed by atoms with Gasteiger partial charge >= 0.3 is 0 Å². The van der Waals surface area contributed by atoms with Crippen molar-refractivity contribution in [2.24, 2.45) is 0 Å². The summed E-state index contributed by atoms with van der Waals surface area (Å²) in [6.45, 7) is 1.34. The number of aromatic nitrogens is 2. The van der Waals surface area contributed by atoms with Crippen LogP contribution in [0.3, 0.4) is 0 Å². The van der Waals surface area contributed by atoms with Crippen molar-refractivity contribution >= 4 is 33.4 Å². The molecule has 2 aromatic carbocycles. The summed E-state index contributed by atoms with van der Waals surface area (Å²) in [5, 5.41) is 7.00. The second-order valence-corrected chi connectivity index (χ2v) is 7.23. The van der Waals surface area contributed by atoms with Gasteiger partial charge in [0.25, 0.3) is 5.91 Å². The molecule has 0 spiro atoms. The lowest BCUT2D eigenvalue weighted by Gasteiger charge is -2.15. The maximum absolute atomic E-state index is 12.5. The minimum absolute atomic E-state index is 0.0219. The van der Waals surface area contributed by atoms with Crippen molar-refractivity contribution in [1.29, 1.82) is 0 Å². The standard InChI is InChI=1S/C20H17BrN4O2/c21-18-5-2-1-4-17(18)20(27)23-16-7-6-14-11-24(12-15(14)10-16)19(26)13-25-9-3-8-22-25/h1-10H,11-13H2,(H,23,27). The summed E-state index contributed by atoms with van der Waals surface area (Å²) in [7, 11) is 0. The zero-order valence-corrected chi connectivity index (χ0v) is 16.0. The molecule has 6 nitrogen and oxygen atoms in total. The molecule has 0 bridgehead atoms. The van der Waals surface area contributed by atoms with Crippen LogP contribution >= 0.6 is 15.9 Å². The normalized spacial score (nSPS) is 12.7. The molecule has 136 valence electrons. The van der Waals surface area contributed by atoms with Crippen LogP contribution in [-0.4, -0.2) is 26.5 Å². The quantitative estimate of drug-likeness (QED) is 0.697. The van der Waals surface area contributed by atoms with Gasteiger partial charge in [0.1, 0.15) is 6.54 Å². The van der Waals surface area contributed by atoms with Crippen LogP contribution in [0.25, 0.3) is 0 Å². The Labute approximate surface area is 164 Å². The number of hydrogen-bond donors (Lipinski definition) is 1. The molecule has 27 heavy (non-hydrogen) atoms. The minimum atomic E-state index is -0.174. The Morgan fingerprint density at radius 1 is 1.07 bits per heavy atom. The van der Waals surface area contributed by atoms with Gasteiger partial charge in [-0.25, -0.2) is 0 Å². The highest BCUT2D eigenvalue weighted by molar-refractivity contribution is 9.10. The molecule has 0 saturated carbocycles. The highest BCUT2D eigenvalue weighted by Crippen LogP contribution is 2.27. The average molecular weight is 425 g/mol. The van der Waals surface area contributed by atoms with Gasteiger partial charge in [-0.05, 0) is 57.4 Å². The van der Waals surface area contributed by atoms with E-state index in [9.17, 15) is 9.59 Å². The third-order valence-corrected chi connectivity index (χ3v) is 5.21. The van der Waals surface area contributed by atoms with Crippen LogP contribution < -0.4 is 5.32 Å². The molecule has 0 aliphatic carbocycles. The third kappa shape index (κ3) is 3.78. The zero-order chi connectivity index (χ0) is 18.8. The van der Waals surface area contributed by atoms with E-state index in [4.69, 9.17) is 0 Å². The van der Waals surface area contributed by atoms with Gasteiger partial charge in [-0.15, -0.1) is 0 Å². The first-order valence-electron chi connectivity index (χ1n) is 8.53. The molecule has 0 radical (unpaired) electrons. The fraction of sp³-hybridized carbons (Fsp3) is 0.150. The number of carbonyl (C=O) groups excluding carboxylic acids is 2. The molecule has 0 atom stereocenters. The van der Waals surface area contributed by atoms with Crippen molar-refractivity contribution in [1.82, 2.24) is 14.7 Å².